The van der Waals surface area contributed by atoms with Crippen LogP contribution in [0.4, 0.5) is 0 Å². The van der Waals surface area contributed by atoms with Gasteiger partial charge in [-0.15, -0.1) is 0 Å². The third-order valence-corrected chi connectivity index (χ3v) is 2.53. The number of ether oxygens (including phenoxy) is 1. The Labute approximate surface area is 70.9 Å². The van der Waals surface area contributed by atoms with Gasteiger partial charge in [0.1, 0.15) is 13.1 Å². The van der Waals surface area contributed by atoms with E-state index in [2.05, 4.69) is 23.0 Å². The van der Waals surface area contributed by atoms with Crippen molar-refractivity contribution in [3.05, 3.63) is 0 Å². The van der Waals surface area contributed by atoms with Gasteiger partial charge in [-0.25, -0.2) is 0 Å². The van der Waals surface area contributed by atoms with Crippen LogP contribution in [0.3, 0.4) is 0 Å². The first-order valence-electron chi connectivity index (χ1n) is 3.74. The molecule has 1 fully saturated rings. The molecule has 0 saturated carbocycles. The van der Waals surface area contributed by atoms with Gasteiger partial charge in [0.2, 0.25) is 0 Å². The molecule has 1 aliphatic rings. The Morgan fingerprint density at radius 2 is 2.00 bits per heavy atom. The van der Waals surface area contributed by atoms with Crippen LogP contribution in [0, 0.1) is 0 Å². The van der Waals surface area contributed by atoms with Crippen LogP contribution in [0.5, 0.6) is 0 Å². The second kappa shape index (κ2) is 3.69. The van der Waals surface area contributed by atoms with Crippen LogP contribution in [0.2, 0.25) is 0 Å². The lowest BCUT2D eigenvalue weighted by Gasteiger charge is -2.36. The first-order valence-corrected chi connectivity index (χ1v) is 4.86. The van der Waals surface area contributed by atoms with E-state index in [4.69, 9.17) is 4.74 Å². The minimum Gasteiger partial charge on any atom is -0.370 e. The number of hydrogen-bond acceptors (Lipinski definition) is 1. The number of alkyl halides is 1. The van der Waals surface area contributed by atoms with E-state index in [0.29, 0.717) is 0 Å². The lowest BCUT2D eigenvalue weighted by molar-refractivity contribution is -0.914. The van der Waals surface area contributed by atoms with E-state index in [9.17, 15) is 0 Å². The van der Waals surface area contributed by atoms with Gasteiger partial charge in [-0.1, -0.05) is 15.9 Å². The minimum atomic E-state index is 0.934. The average molecular weight is 209 g/mol. The second-order valence-electron chi connectivity index (χ2n) is 3.09. The fraction of sp³-hybridized carbons (Fsp3) is 1.00. The van der Waals surface area contributed by atoms with Gasteiger partial charge < -0.3 is 9.22 Å². The fourth-order valence-electron chi connectivity index (χ4n) is 1.21. The number of morpholine rings is 1. The molecule has 1 aliphatic heterocycles. The molecule has 2 nitrogen and oxygen atoms in total. The summed E-state index contributed by atoms with van der Waals surface area (Å²) in [6.07, 6.45) is 0. The molecule has 0 amide bonds. The van der Waals surface area contributed by atoms with Gasteiger partial charge in [0.15, 0.2) is 0 Å². The fourth-order valence-corrected chi connectivity index (χ4v) is 2.07. The van der Waals surface area contributed by atoms with Crippen molar-refractivity contribution in [2.45, 2.75) is 0 Å². The van der Waals surface area contributed by atoms with E-state index in [0.717, 1.165) is 18.5 Å². The molecule has 0 spiro atoms. The molecule has 1 saturated heterocycles. The van der Waals surface area contributed by atoms with Crippen LogP contribution in [-0.4, -0.2) is 49.7 Å². The Hall–Kier alpha value is 0.400. The third-order valence-electron chi connectivity index (χ3n) is 2.18. The molecule has 60 valence electrons. The van der Waals surface area contributed by atoms with E-state index in [1.165, 1.54) is 24.1 Å². The lowest BCUT2D eigenvalue weighted by Crippen LogP contribution is -2.52. The van der Waals surface area contributed by atoms with Crippen molar-refractivity contribution >= 4 is 15.9 Å². The molecular formula is C7H15BrNO+. The quantitative estimate of drug-likeness (QED) is 0.484. The van der Waals surface area contributed by atoms with Gasteiger partial charge >= 0.3 is 0 Å². The highest BCUT2D eigenvalue weighted by Crippen LogP contribution is 2.07. The van der Waals surface area contributed by atoms with Crippen LogP contribution in [0.1, 0.15) is 0 Å². The zero-order valence-electron chi connectivity index (χ0n) is 6.48. The monoisotopic (exact) mass is 208 g/mol. The summed E-state index contributed by atoms with van der Waals surface area (Å²) in [5, 5.41) is 1.10. The normalized spacial score (nSPS) is 24.6. The maximum Gasteiger partial charge on any atom is 0.102 e. The Morgan fingerprint density at radius 3 is 2.50 bits per heavy atom. The first-order chi connectivity index (χ1) is 4.77. The van der Waals surface area contributed by atoms with Crippen LogP contribution in [0.25, 0.3) is 0 Å². The molecule has 1 rings (SSSR count). The number of quaternary nitrogens is 1. The summed E-state index contributed by atoms with van der Waals surface area (Å²) >= 11 is 3.46. The van der Waals surface area contributed by atoms with Crippen molar-refractivity contribution in [3.63, 3.8) is 0 Å². The number of rotatable bonds is 2. The van der Waals surface area contributed by atoms with Crippen molar-refractivity contribution in [2.75, 3.05) is 45.2 Å². The largest absolute Gasteiger partial charge is 0.370 e. The van der Waals surface area contributed by atoms with Gasteiger partial charge in [-0.2, -0.15) is 0 Å². The Morgan fingerprint density at radius 1 is 1.40 bits per heavy atom. The van der Waals surface area contributed by atoms with Crippen LogP contribution in [-0.2, 0) is 4.74 Å². The minimum absolute atomic E-state index is 0.934. The smallest absolute Gasteiger partial charge is 0.102 e. The molecule has 10 heavy (non-hydrogen) atoms. The van der Waals surface area contributed by atoms with Gasteiger partial charge in [0.05, 0.1) is 32.1 Å². The number of likely N-dealkylation sites (N-methyl/N-ethyl adjacent to an activating group) is 1. The molecule has 0 N–H and O–H groups in total. The van der Waals surface area contributed by atoms with E-state index in [-0.39, 0.29) is 0 Å². The first kappa shape index (κ1) is 8.50. The van der Waals surface area contributed by atoms with E-state index in [1.807, 2.05) is 0 Å². The molecule has 0 atom stereocenters. The van der Waals surface area contributed by atoms with Crippen LogP contribution < -0.4 is 0 Å². The molecule has 0 unspecified atom stereocenters. The molecular weight excluding hydrogens is 194 g/mol. The maximum atomic E-state index is 5.28. The summed E-state index contributed by atoms with van der Waals surface area (Å²) in [5.74, 6) is 0. The molecule has 0 aromatic rings. The highest BCUT2D eigenvalue weighted by atomic mass is 79.9. The van der Waals surface area contributed by atoms with E-state index < -0.39 is 0 Å². The Balaban J connectivity index is 2.32. The summed E-state index contributed by atoms with van der Waals surface area (Å²) in [5.41, 5.74) is 0. The number of nitrogens with zero attached hydrogens (tertiary/aromatic N) is 1. The second-order valence-corrected chi connectivity index (χ2v) is 3.88. The molecule has 0 aromatic carbocycles. The molecule has 0 bridgehead atoms. The highest BCUT2D eigenvalue weighted by molar-refractivity contribution is 9.09. The van der Waals surface area contributed by atoms with Crippen molar-refractivity contribution in [3.8, 4) is 0 Å². The van der Waals surface area contributed by atoms with E-state index in [1.54, 1.807) is 0 Å². The van der Waals surface area contributed by atoms with Crippen molar-refractivity contribution in [1.29, 1.82) is 0 Å². The third kappa shape index (κ3) is 2.22. The van der Waals surface area contributed by atoms with E-state index >= 15 is 0 Å². The molecule has 0 radical (unpaired) electrons. The van der Waals surface area contributed by atoms with Gasteiger partial charge in [0, 0.05) is 0 Å². The van der Waals surface area contributed by atoms with Gasteiger partial charge in [-0.3, -0.25) is 0 Å². The number of hydrogen-bond donors (Lipinski definition) is 0. The number of halogens is 1. The zero-order chi connectivity index (χ0) is 7.45. The molecule has 3 heteroatoms. The van der Waals surface area contributed by atoms with Crippen LogP contribution in [0.15, 0.2) is 0 Å². The predicted octanol–water partition coefficient (Wildman–Crippen LogP) is 0.858. The maximum absolute atomic E-state index is 5.28. The predicted molar refractivity (Wildman–Crippen MR) is 45.4 cm³/mol. The van der Waals surface area contributed by atoms with Crippen LogP contribution >= 0.6 is 15.9 Å². The SMILES string of the molecule is C[N+]1(CCBr)CCOCC1. The molecule has 1 heterocycles. The average Bonchev–Trinajstić information content (AvgIpc) is 1.89. The summed E-state index contributed by atoms with van der Waals surface area (Å²) in [6, 6.07) is 0. The van der Waals surface area contributed by atoms with Gasteiger partial charge in [-0.05, 0) is 0 Å². The van der Waals surface area contributed by atoms with Crippen molar-refractivity contribution in [2.24, 2.45) is 0 Å². The van der Waals surface area contributed by atoms with Crippen molar-refractivity contribution in [1.82, 2.24) is 0 Å². The zero-order valence-corrected chi connectivity index (χ0v) is 8.06. The standard InChI is InChI=1S/C7H15BrNO/c1-9(3-2-8)4-6-10-7-5-9/h2-7H2,1H3/q+1. The summed E-state index contributed by atoms with van der Waals surface area (Å²) in [7, 11) is 2.30. The molecule has 0 aliphatic carbocycles. The van der Waals surface area contributed by atoms with Crippen molar-refractivity contribution < 1.29 is 9.22 Å². The topological polar surface area (TPSA) is 9.23 Å². The Bertz CT molecular complexity index is 96.3. The summed E-state index contributed by atoms with van der Waals surface area (Å²) in [6.45, 7) is 5.44. The highest BCUT2D eigenvalue weighted by Gasteiger charge is 2.23. The summed E-state index contributed by atoms with van der Waals surface area (Å²) < 4.78 is 6.45. The van der Waals surface area contributed by atoms with Gasteiger partial charge in [0.25, 0.3) is 0 Å². The molecule has 0 aromatic heterocycles. The lowest BCUT2D eigenvalue weighted by atomic mass is 10.3. The summed E-state index contributed by atoms with van der Waals surface area (Å²) in [4.78, 5) is 0. The Kier molecular flexibility index (Phi) is 3.14.